The normalized spacial score (nSPS) is 7.47. The molecule has 1 aromatic carbocycles. The van der Waals surface area contributed by atoms with Gasteiger partial charge in [-0.3, -0.25) is 0 Å². The fourth-order valence-electron chi connectivity index (χ4n) is 0.839. The van der Waals surface area contributed by atoms with Crippen LogP contribution in [0.2, 0.25) is 0 Å². The third-order valence-corrected chi connectivity index (χ3v) is 1.37. The van der Waals surface area contributed by atoms with E-state index in [0.29, 0.717) is 0 Å². The largest absolute Gasteiger partial charge is 1.00 e. The maximum absolute atomic E-state index is 10.3. The zero-order valence-electron chi connectivity index (χ0n) is 8.94. The minimum atomic E-state index is -1.52. The van der Waals surface area contributed by atoms with Crippen molar-refractivity contribution in [2.45, 2.75) is 0 Å². The van der Waals surface area contributed by atoms with Gasteiger partial charge in [0, 0.05) is 11.1 Å². The van der Waals surface area contributed by atoms with Crippen molar-refractivity contribution in [3.8, 4) is 0 Å². The number of aromatic carboxylic acids is 2. The number of hydrogen-bond acceptors (Lipinski definition) is 4. The van der Waals surface area contributed by atoms with Crippen LogP contribution in [0.25, 0.3) is 0 Å². The Morgan fingerprint density at radius 1 is 0.800 bits per heavy atom. The molecule has 1 rings (SSSR count). The Balaban J connectivity index is -0.000000480. The molecule has 0 bridgehead atoms. The maximum atomic E-state index is 10.3. The number of carbonyl (C=O) groups excluding carboxylic acids is 2. The number of benzene rings is 1. The van der Waals surface area contributed by atoms with Crippen LogP contribution in [-0.4, -0.2) is 11.9 Å². The van der Waals surface area contributed by atoms with E-state index in [1.807, 2.05) is 0 Å². The van der Waals surface area contributed by atoms with E-state index in [9.17, 15) is 19.8 Å². The first-order chi connectivity index (χ1) is 5.63. The van der Waals surface area contributed by atoms with Crippen LogP contribution in [0.1, 0.15) is 20.7 Å². The molecule has 0 amide bonds. The van der Waals surface area contributed by atoms with Gasteiger partial charge in [-0.15, -0.1) is 0 Å². The molecule has 0 radical (unpaired) electrons. The van der Waals surface area contributed by atoms with Crippen LogP contribution < -0.4 is 164 Å². The maximum Gasteiger partial charge on any atom is 1.00 e. The van der Waals surface area contributed by atoms with Crippen LogP contribution >= 0.6 is 0 Å². The summed E-state index contributed by atoms with van der Waals surface area (Å²) in [6.07, 6.45) is 0. The van der Waals surface area contributed by atoms with Gasteiger partial charge in [-0.1, -0.05) is 24.3 Å². The quantitative estimate of drug-likeness (QED) is 0.504. The summed E-state index contributed by atoms with van der Waals surface area (Å²) in [7, 11) is 0. The van der Waals surface area contributed by atoms with Crippen LogP contribution in [0.5, 0.6) is 0 Å². The zero-order valence-corrected chi connectivity index (χ0v) is 18.3. The van der Waals surface area contributed by atoms with Crippen LogP contribution in [0, 0.1) is 0 Å². The summed E-state index contributed by atoms with van der Waals surface area (Å²) in [5.41, 5.74) is -0.727. The molecule has 0 heterocycles. The van der Waals surface area contributed by atoms with Gasteiger partial charge in [0.2, 0.25) is 0 Å². The molecule has 0 N–H and O–H groups in total. The van der Waals surface area contributed by atoms with Gasteiger partial charge in [-0.05, 0) is 0 Å². The average molecular weight is 281 g/mol. The third-order valence-electron chi connectivity index (χ3n) is 1.37. The molecule has 15 heavy (non-hydrogen) atoms. The van der Waals surface area contributed by atoms with E-state index in [4.69, 9.17) is 0 Å². The van der Waals surface area contributed by atoms with Gasteiger partial charge in [0.15, 0.2) is 0 Å². The Hall–Kier alpha value is 3.07. The molecule has 7 heteroatoms. The fourth-order valence-corrected chi connectivity index (χ4v) is 0.839. The van der Waals surface area contributed by atoms with Gasteiger partial charge in [-0.2, -0.15) is 0 Å². The molecule has 0 spiro atoms. The molecule has 62 valence electrons. The molecule has 0 saturated heterocycles. The van der Waals surface area contributed by atoms with Crippen LogP contribution in [-0.2, 0) is 0 Å². The van der Waals surface area contributed by atoms with Crippen molar-refractivity contribution in [1.82, 2.24) is 0 Å². The Labute approximate surface area is 215 Å². The Morgan fingerprint density at radius 2 is 1.07 bits per heavy atom. The van der Waals surface area contributed by atoms with E-state index in [1.165, 1.54) is 12.1 Å². The second-order valence-electron chi connectivity index (χ2n) is 2.12. The molecule has 0 atom stereocenters. The number of carboxylic acid groups (broad SMARTS) is 2. The molecule has 1 aromatic rings. The average Bonchev–Trinajstić information content (AvgIpc) is 2.04. The number of carboxylic acids is 2. The first-order valence-corrected chi connectivity index (χ1v) is 3.14. The first kappa shape index (κ1) is 23.2. The van der Waals surface area contributed by atoms with Crippen molar-refractivity contribution in [3.63, 3.8) is 0 Å². The number of carbonyl (C=O) groups is 2. The van der Waals surface area contributed by atoms with Crippen LogP contribution in [0.3, 0.4) is 0 Å². The molecule has 4 nitrogen and oxygen atoms in total. The summed E-state index contributed by atoms with van der Waals surface area (Å²) in [6, 6.07) is 5.14. The van der Waals surface area contributed by atoms with Crippen molar-refractivity contribution in [3.05, 3.63) is 35.4 Å². The van der Waals surface area contributed by atoms with E-state index in [-0.39, 0.29) is 165 Å². The summed E-state index contributed by atoms with van der Waals surface area (Å²) in [5, 5.41) is 20.6. The molecular formula is C8H4K3O4+. The number of hydrogen-bond donors (Lipinski definition) is 0. The Kier molecular flexibility index (Phi) is 18.7. The smallest absolute Gasteiger partial charge is 0.545 e. The van der Waals surface area contributed by atoms with Crippen molar-refractivity contribution in [1.29, 1.82) is 0 Å². The van der Waals surface area contributed by atoms with E-state index in [2.05, 4.69) is 0 Å². The molecule has 0 aliphatic rings. The van der Waals surface area contributed by atoms with Crippen molar-refractivity contribution in [2.24, 2.45) is 0 Å². The minimum absolute atomic E-state index is 0. The van der Waals surface area contributed by atoms with E-state index >= 15 is 0 Å². The summed E-state index contributed by atoms with van der Waals surface area (Å²) in [5.74, 6) is -3.04. The van der Waals surface area contributed by atoms with E-state index in [0.717, 1.165) is 12.1 Å². The molecule has 0 aliphatic heterocycles. The van der Waals surface area contributed by atoms with Gasteiger partial charge >= 0.3 is 154 Å². The Bertz CT molecular complexity index is 307. The summed E-state index contributed by atoms with van der Waals surface area (Å²) in [6.45, 7) is 0. The van der Waals surface area contributed by atoms with Gasteiger partial charge in [0.25, 0.3) is 0 Å². The monoisotopic (exact) mass is 281 g/mol. The Morgan fingerprint density at radius 3 is 1.27 bits per heavy atom. The predicted octanol–water partition coefficient (Wildman–Crippen LogP) is -10.6. The van der Waals surface area contributed by atoms with Gasteiger partial charge < -0.3 is 19.8 Å². The van der Waals surface area contributed by atoms with Gasteiger partial charge in [0.1, 0.15) is 0 Å². The third kappa shape index (κ3) is 7.96. The summed E-state index contributed by atoms with van der Waals surface area (Å²) in [4.78, 5) is 20.6. The zero-order chi connectivity index (χ0) is 9.14. The standard InChI is InChI=1S/C8H6O4.3K/c9-7(10)5-3-1-2-4-6(5)8(11)12;;;/h1-4H,(H,9,10)(H,11,12);;;/q;3*+1/p-2. The summed E-state index contributed by atoms with van der Waals surface area (Å²) >= 11 is 0. The van der Waals surface area contributed by atoms with Crippen LogP contribution in [0.15, 0.2) is 24.3 Å². The molecular weight excluding hydrogens is 277 g/mol. The molecule has 0 fully saturated rings. The second-order valence-corrected chi connectivity index (χ2v) is 2.12. The molecule has 0 saturated carbocycles. The SMILES string of the molecule is O=C([O-])c1ccccc1C(=O)[O-].[K+].[K+].[K+]. The predicted molar refractivity (Wildman–Crippen MR) is 35.1 cm³/mol. The molecule has 0 unspecified atom stereocenters. The molecule has 0 aliphatic carbocycles. The minimum Gasteiger partial charge on any atom is -0.545 e. The molecule has 0 aromatic heterocycles. The van der Waals surface area contributed by atoms with E-state index < -0.39 is 11.9 Å². The topological polar surface area (TPSA) is 80.3 Å². The fraction of sp³-hybridized carbons (Fsp3) is 0. The van der Waals surface area contributed by atoms with Crippen molar-refractivity contribution in [2.75, 3.05) is 0 Å². The van der Waals surface area contributed by atoms with Crippen molar-refractivity contribution < 1.29 is 174 Å². The van der Waals surface area contributed by atoms with Gasteiger partial charge in [-0.25, -0.2) is 0 Å². The summed E-state index contributed by atoms with van der Waals surface area (Å²) < 4.78 is 0. The first-order valence-electron chi connectivity index (χ1n) is 3.14. The van der Waals surface area contributed by atoms with E-state index in [1.54, 1.807) is 0 Å². The second kappa shape index (κ2) is 12.1. The van der Waals surface area contributed by atoms with Crippen molar-refractivity contribution >= 4 is 11.9 Å². The van der Waals surface area contributed by atoms with Crippen LogP contribution in [0.4, 0.5) is 0 Å². The number of rotatable bonds is 2. The van der Waals surface area contributed by atoms with Gasteiger partial charge in [0.05, 0.1) is 11.9 Å².